The van der Waals surface area contributed by atoms with Crippen molar-refractivity contribution in [3.8, 4) is 0 Å². The van der Waals surface area contributed by atoms with Crippen molar-refractivity contribution in [2.45, 2.75) is 24.0 Å². The lowest BCUT2D eigenvalue weighted by atomic mass is 10.0. The van der Waals surface area contributed by atoms with E-state index in [0.717, 1.165) is 37.8 Å². The van der Waals surface area contributed by atoms with Gasteiger partial charge in [-0.05, 0) is 29.5 Å². The second kappa shape index (κ2) is 10.5. The Balaban J connectivity index is 1.36. The van der Waals surface area contributed by atoms with E-state index in [4.69, 9.17) is 0 Å². The Morgan fingerprint density at radius 3 is 2.82 bits per heavy atom. The molecule has 1 saturated heterocycles. The molecule has 1 atom stereocenters. The molecule has 28 heavy (non-hydrogen) atoms. The van der Waals surface area contributed by atoms with Gasteiger partial charge in [0.15, 0.2) is 0 Å². The van der Waals surface area contributed by atoms with Crippen LogP contribution in [0.2, 0.25) is 0 Å². The largest absolute Gasteiger partial charge is 0.356 e. The Bertz CT molecular complexity index is 739. The SMILES string of the molecule is CN1CCN(CCCNC(=O)CCSc2nnnn2C)C(c2ccccc2)C1. The molecule has 2 aromatic rings. The van der Waals surface area contributed by atoms with Crippen LogP contribution in [0.15, 0.2) is 35.5 Å². The number of piperazine rings is 1. The average Bonchev–Trinajstić information content (AvgIpc) is 3.11. The van der Waals surface area contributed by atoms with Crippen molar-refractivity contribution in [3.05, 3.63) is 35.9 Å². The maximum absolute atomic E-state index is 12.0. The van der Waals surface area contributed by atoms with Crippen LogP contribution in [0.3, 0.4) is 0 Å². The van der Waals surface area contributed by atoms with E-state index < -0.39 is 0 Å². The third-order valence-electron chi connectivity index (χ3n) is 4.96. The number of hydrogen-bond donors (Lipinski definition) is 1. The third kappa shape index (κ3) is 6.02. The van der Waals surface area contributed by atoms with Gasteiger partial charge in [-0.15, -0.1) is 5.10 Å². The molecule has 8 nitrogen and oxygen atoms in total. The summed E-state index contributed by atoms with van der Waals surface area (Å²) in [5.41, 5.74) is 1.37. The summed E-state index contributed by atoms with van der Waals surface area (Å²) in [4.78, 5) is 17.0. The van der Waals surface area contributed by atoms with E-state index in [0.29, 0.717) is 24.8 Å². The first-order valence-electron chi connectivity index (χ1n) is 9.73. The van der Waals surface area contributed by atoms with E-state index in [2.05, 4.69) is 68.0 Å². The lowest BCUT2D eigenvalue weighted by Gasteiger charge is -2.40. The van der Waals surface area contributed by atoms with Crippen LogP contribution in [0.25, 0.3) is 0 Å². The second-order valence-electron chi connectivity index (χ2n) is 7.11. The maximum atomic E-state index is 12.0. The summed E-state index contributed by atoms with van der Waals surface area (Å²) in [5.74, 6) is 0.759. The Kier molecular flexibility index (Phi) is 7.81. The van der Waals surface area contributed by atoms with Crippen LogP contribution >= 0.6 is 11.8 Å². The fourth-order valence-corrected chi connectivity index (χ4v) is 4.18. The Morgan fingerprint density at radius 2 is 2.07 bits per heavy atom. The monoisotopic (exact) mass is 403 g/mol. The van der Waals surface area contributed by atoms with Gasteiger partial charge >= 0.3 is 0 Å². The third-order valence-corrected chi connectivity index (χ3v) is 5.98. The highest BCUT2D eigenvalue weighted by molar-refractivity contribution is 7.99. The number of aromatic nitrogens is 4. The molecule has 0 spiro atoms. The molecule has 1 unspecified atom stereocenters. The molecule has 1 N–H and O–H groups in total. The zero-order valence-electron chi connectivity index (χ0n) is 16.6. The number of carbonyl (C=O) groups is 1. The van der Waals surface area contributed by atoms with Gasteiger partial charge in [0.05, 0.1) is 0 Å². The normalized spacial score (nSPS) is 18.3. The van der Waals surface area contributed by atoms with E-state index in [-0.39, 0.29) is 5.91 Å². The van der Waals surface area contributed by atoms with Crippen molar-refractivity contribution >= 4 is 17.7 Å². The Morgan fingerprint density at radius 1 is 1.25 bits per heavy atom. The number of nitrogens with one attached hydrogen (secondary N) is 1. The van der Waals surface area contributed by atoms with Crippen LogP contribution in [0.5, 0.6) is 0 Å². The molecule has 1 aliphatic rings. The quantitative estimate of drug-likeness (QED) is 0.498. The molecule has 0 saturated carbocycles. The van der Waals surface area contributed by atoms with Gasteiger partial charge in [-0.2, -0.15) is 0 Å². The number of benzene rings is 1. The summed E-state index contributed by atoms with van der Waals surface area (Å²) in [6.45, 7) is 4.90. The Labute approximate surface area is 170 Å². The van der Waals surface area contributed by atoms with Gasteiger partial charge in [-0.3, -0.25) is 9.69 Å². The first-order valence-corrected chi connectivity index (χ1v) is 10.7. The van der Waals surface area contributed by atoms with Gasteiger partial charge in [0, 0.05) is 58.0 Å². The molecule has 2 heterocycles. The molecule has 0 bridgehead atoms. The Hall–Kier alpha value is -1.97. The van der Waals surface area contributed by atoms with E-state index in [1.807, 2.05) is 0 Å². The summed E-state index contributed by atoms with van der Waals surface area (Å²) in [6, 6.07) is 11.1. The molecule has 3 rings (SSSR count). The molecule has 1 fully saturated rings. The van der Waals surface area contributed by atoms with Crippen molar-refractivity contribution in [1.82, 2.24) is 35.3 Å². The molecule has 0 aliphatic carbocycles. The number of carbonyl (C=O) groups excluding carboxylic acids is 1. The lowest BCUT2D eigenvalue weighted by Crippen LogP contribution is -2.47. The fourth-order valence-electron chi connectivity index (χ4n) is 3.39. The zero-order valence-corrected chi connectivity index (χ0v) is 17.4. The molecule has 1 amide bonds. The van der Waals surface area contributed by atoms with Crippen molar-refractivity contribution in [2.75, 3.05) is 45.5 Å². The number of tetrazole rings is 1. The van der Waals surface area contributed by atoms with Crippen molar-refractivity contribution < 1.29 is 4.79 Å². The summed E-state index contributed by atoms with van der Waals surface area (Å²) in [7, 11) is 3.98. The number of amides is 1. The standard InChI is InChI=1S/C19H29N7OS/c1-24-12-13-26(17(15-24)16-7-4-3-5-8-16)11-6-10-20-18(27)9-14-28-19-21-22-23-25(19)2/h3-5,7-8,17H,6,9-15H2,1-2H3,(H,20,27). The van der Waals surface area contributed by atoms with Gasteiger partial charge < -0.3 is 10.2 Å². The molecular weight excluding hydrogens is 374 g/mol. The first kappa shape index (κ1) is 20.8. The van der Waals surface area contributed by atoms with Gasteiger partial charge in [-0.25, -0.2) is 4.68 Å². The van der Waals surface area contributed by atoms with Crippen LogP contribution < -0.4 is 5.32 Å². The molecular formula is C19H29N7OS. The molecule has 1 aromatic heterocycles. The predicted octanol–water partition coefficient (Wildman–Crippen LogP) is 1.19. The number of likely N-dealkylation sites (N-methyl/N-ethyl adjacent to an activating group) is 1. The summed E-state index contributed by atoms with van der Waals surface area (Å²) >= 11 is 1.50. The summed E-state index contributed by atoms with van der Waals surface area (Å²) < 4.78 is 1.61. The van der Waals surface area contributed by atoms with E-state index in [1.165, 1.54) is 17.3 Å². The lowest BCUT2D eigenvalue weighted by molar-refractivity contribution is -0.120. The first-order chi connectivity index (χ1) is 13.6. The highest BCUT2D eigenvalue weighted by atomic mass is 32.2. The van der Waals surface area contributed by atoms with Crippen molar-refractivity contribution in [1.29, 1.82) is 0 Å². The second-order valence-corrected chi connectivity index (χ2v) is 8.17. The van der Waals surface area contributed by atoms with Crippen LogP contribution in [0.4, 0.5) is 0 Å². The summed E-state index contributed by atoms with van der Waals surface area (Å²) in [5, 5.41) is 15.0. The topological polar surface area (TPSA) is 79.2 Å². The molecule has 152 valence electrons. The van der Waals surface area contributed by atoms with Crippen molar-refractivity contribution in [3.63, 3.8) is 0 Å². The fraction of sp³-hybridized carbons (Fsp3) is 0.579. The minimum atomic E-state index is 0.0839. The number of aryl methyl sites for hydroxylation is 1. The maximum Gasteiger partial charge on any atom is 0.220 e. The number of hydrogen-bond acceptors (Lipinski definition) is 7. The minimum absolute atomic E-state index is 0.0839. The van der Waals surface area contributed by atoms with E-state index in [1.54, 1.807) is 11.7 Å². The highest BCUT2D eigenvalue weighted by Gasteiger charge is 2.25. The van der Waals surface area contributed by atoms with Gasteiger partial charge in [0.2, 0.25) is 11.1 Å². The minimum Gasteiger partial charge on any atom is -0.356 e. The van der Waals surface area contributed by atoms with Gasteiger partial charge in [0.1, 0.15) is 0 Å². The van der Waals surface area contributed by atoms with Gasteiger partial charge in [0.25, 0.3) is 0 Å². The van der Waals surface area contributed by atoms with Gasteiger partial charge in [-0.1, -0.05) is 42.1 Å². The average molecular weight is 404 g/mol. The number of nitrogens with zero attached hydrogens (tertiary/aromatic N) is 6. The van der Waals surface area contributed by atoms with E-state index in [9.17, 15) is 4.79 Å². The predicted molar refractivity (Wildman–Crippen MR) is 110 cm³/mol. The highest BCUT2D eigenvalue weighted by Crippen LogP contribution is 2.24. The smallest absolute Gasteiger partial charge is 0.220 e. The number of thioether (sulfide) groups is 1. The van der Waals surface area contributed by atoms with Crippen LogP contribution in [-0.2, 0) is 11.8 Å². The van der Waals surface area contributed by atoms with E-state index >= 15 is 0 Å². The molecule has 9 heteroatoms. The molecule has 1 aliphatic heterocycles. The van der Waals surface area contributed by atoms with Crippen LogP contribution in [0, 0.1) is 0 Å². The number of rotatable bonds is 9. The van der Waals surface area contributed by atoms with Crippen molar-refractivity contribution in [2.24, 2.45) is 7.05 Å². The zero-order chi connectivity index (χ0) is 19.8. The van der Waals surface area contributed by atoms with Crippen LogP contribution in [0.1, 0.15) is 24.4 Å². The molecule has 1 aromatic carbocycles. The summed E-state index contributed by atoms with van der Waals surface area (Å²) in [6.07, 6.45) is 1.43. The molecule has 0 radical (unpaired) electrons. The van der Waals surface area contributed by atoms with Crippen LogP contribution in [-0.4, -0.2) is 81.4 Å².